The lowest BCUT2D eigenvalue weighted by molar-refractivity contribution is 0.0702. The lowest BCUT2D eigenvalue weighted by atomic mass is 10.0. The van der Waals surface area contributed by atoms with Crippen LogP contribution in [0.1, 0.15) is 62.5 Å². The van der Waals surface area contributed by atoms with E-state index < -0.39 is 0 Å². The molecule has 0 bridgehead atoms. The Hall–Kier alpha value is -1.49. The molecule has 0 N–H and O–H groups in total. The predicted molar refractivity (Wildman–Crippen MR) is 99.5 cm³/mol. The van der Waals surface area contributed by atoms with Crippen LogP contribution in [0.25, 0.3) is 0 Å². The maximum atomic E-state index is 13.2. The van der Waals surface area contributed by atoms with Gasteiger partial charge in [-0.15, -0.1) is 0 Å². The van der Waals surface area contributed by atoms with Gasteiger partial charge in [0, 0.05) is 38.4 Å². The van der Waals surface area contributed by atoms with E-state index in [4.69, 9.17) is 0 Å². The van der Waals surface area contributed by atoms with E-state index in [1.165, 1.54) is 19.4 Å². The van der Waals surface area contributed by atoms with Gasteiger partial charge in [0.2, 0.25) is 0 Å². The van der Waals surface area contributed by atoms with Crippen molar-refractivity contribution < 1.29 is 4.79 Å². The van der Waals surface area contributed by atoms with E-state index >= 15 is 0 Å². The van der Waals surface area contributed by atoms with Crippen molar-refractivity contribution in [3.05, 3.63) is 23.8 Å². The molecule has 1 unspecified atom stereocenters. The van der Waals surface area contributed by atoms with Crippen LogP contribution in [0.15, 0.2) is 12.5 Å². The SMILES string of the molecule is CCCc1ncncc1C(=O)N1CCCN(CC2CC2)C(C(C)C)C1. The summed E-state index contributed by atoms with van der Waals surface area (Å²) in [6.45, 7) is 10.7. The number of carbonyl (C=O) groups excluding carboxylic acids is 1. The highest BCUT2D eigenvalue weighted by molar-refractivity contribution is 5.95. The summed E-state index contributed by atoms with van der Waals surface area (Å²) in [5.74, 6) is 1.56. The molecule has 1 aromatic rings. The molecule has 1 aliphatic carbocycles. The van der Waals surface area contributed by atoms with E-state index in [2.05, 4.69) is 40.5 Å². The average molecular weight is 345 g/mol. The molecule has 25 heavy (non-hydrogen) atoms. The van der Waals surface area contributed by atoms with E-state index in [1.54, 1.807) is 12.5 Å². The fraction of sp³-hybridized carbons (Fsp3) is 0.750. The lowest BCUT2D eigenvalue weighted by Crippen LogP contribution is -2.46. The molecule has 1 saturated heterocycles. The summed E-state index contributed by atoms with van der Waals surface area (Å²) in [4.78, 5) is 26.3. The minimum absolute atomic E-state index is 0.114. The Labute approximate surface area is 151 Å². The first kappa shape index (κ1) is 18.3. The molecule has 2 fully saturated rings. The quantitative estimate of drug-likeness (QED) is 0.796. The molecule has 5 nitrogen and oxygen atoms in total. The van der Waals surface area contributed by atoms with Crippen molar-refractivity contribution in [1.82, 2.24) is 19.8 Å². The van der Waals surface area contributed by atoms with Crippen LogP contribution in [0.5, 0.6) is 0 Å². The molecule has 3 rings (SSSR count). The summed E-state index contributed by atoms with van der Waals surface area (Å²) in [6.07, 6.45) is 8.89. The van der Waals surface area contributed by atoms with Crippen LogP contribution in [0.4, 0.5) is 0 Å². The summed E-state index contributed by atoms with van der Waals surface area (Å²) in [6, 6.07) is 0.450. The van der Waals surface area contributed by atoms with Crippen LogP contribution >= 0.6 is 0 Å². The van der Waals surface area contributed by atoms with Crippen LogP contribution in [0.2, 0.25) is 0 Å². The molecule has 1 saturated carbocycles. The topological polar surface area (TPSA) is 49.3 Å². The monoisotopic (exact) mass is 344 g/mol. The van der Waals surface area contributed by atoms with Gasteiger partial charge in [-0.3, -0.25) is 9.69 Å². The summed E-state index contributed by atoms with van der Waals surface area (Å²) < 4.78 is 0. The Bertz CT molecular complexity index is 585. The maximum absolute atomic E-state index is 13.2. The fourth-order valence-electron chi connectivity index (χ4n) is 3.88. The number of rotatable bonds is 6. The van der Waals surface area contributed by atoms with Crippen LogP contribution in [-0.4, -0.2) is 57.9 Å². The standard InChI is InChI=1S/C20H32N4O/c1-4-6-18-17(11-21-14-22-18)20(25)24-10-5-9-23(12-16-7-8-16)19(13-24)15(2)3/h11,14-16,19H,4-10,12-13H2,1-3H3. The van der Waals surface area contributed by atoms with Crippen LogP contribution < -0.4 is 0 Å². The van der Waals surface area contributed by atoms with E-state index in [1.807, 2.05) is 0 Å². The first-order valence-corrected chi connectivity index (χ1v) is 9.92. The minimum atomic E-state index is 0.114. The molecule has 0 radical (unpaired) electrons. The number of nitrogens with zero attached hydrogens (tertiary/aromatic N) is 4. The fourth-order valence-corrected chi connectivity index (χ4v) is 3.88. The molecule has 2 heterocycles. The highest BCUT2D eigenvalue weighted by atomic mass is 16.2. The Morgan fingerprint density at radius 1 is 1.32 bits per heavy atom. The normalized spacial score (nSPS) is 22.2. The number of hydrogen-bond donors (Lipinski definition) is 0. The Morgan fingerprint density at radius 3 is 2.80 bits per heavy atom. The van der Waals surface area contributed by atoms with Gasteiger partial charge in [-0.05, 0) is 37.5 Å². The molecular formula is C20H32N4O. The Balaban J connectivity index is 1.76. The molecule has 1 aromatic heterocycles. The third kappa shape index (κ3) is 4.57. The van der Waals surface area contributed by atoms with E-state index in [0.717, 1.165) is 50.5 Å². The zero-order valence-corrected chi connectivity index (χ0v) is 15.9. The highest BCUT2D eigenvalue weighted by Gasteiger charge is 2.33. The summed E-state index contributed by atoms with van der Waals surface area (Å²) >= 11 is 0. The zero-order chi connectivity index (χ0) is 17.8. The second kappa shape index (κ2) is 8.26. The first-order valence-electron chi connectivity index (χ1n) is 9.92. The van der Waals surface area contributed by atoms with Crippen molar-refractivity contribution in [3.63, 3.8) is 0 Å². The predicted octanol–water partition coefficient (Wildman–Crippen LogP) is 3.01. The summed E-state index contributed by atoms with van der Waals surface area (Å²) in [7, 11) is 0. The second-order valence-electron chi connectivity index (χ2n) is 7.99. The number of aromatic nitrogens is 2. The Kier molecular flexibility index (Phi) is 6.05. The molecule has 1 amide bonds. The van der Waals surface area contributed by atoms with E-state index in [0.29, 0.717) is 17.5 Å². The third-order valence-corrected chi connectivity index (χ3v) is 5.51. The number of aryl methyl sites for hydroxylation is 1. The molecular weight excluding hydrogens is 312 g/mol. The number of amides is 1. The third-order valence-electron chi connectivity index (χ3n) is 5.51. The minimum Gasteiger partial charge on any atom is -0.337 e. The van der Waals surface area contributed by atoms with Gasteiger partial charge in [0.1, 0.15) is 6.33 Å². The van der Waals surface area contributed by atoms with Crippen molar-refractivity contribution in [1.29, 1.82) is 0 Å². The number of hydrogen-bond acceptors (Lipinski definition) is 4. The molecule has 138 valence electrons. The van der Waals surface area contributed by atoms with Gasteiger partial charge in [0.05, 0.1) is 11.3 Å². The molecule has 1 aliphatic heterocycles. The van der Waals surface area contributed by atoms with E-state index in [9.17, 15) is 4.79 Å². The van der Waals surface area contributed by atoms with Gasteiger partial charge < -0.3 is 4.90 Å². The largest absolute Gasteiger partial charge is 0.337 e. The van der Waals surface area contributed by atoms with Crippen LogP contribution in [-0.2, 0) is 6.42 Å². The van der Waals surface area contributed by atoms with Gasteiger partial charge >= 0.3 is 0 Å². The zero-order valence-electron chi connectivity index (χ0n) is 15.9. The summed E-state index contributed by atoms with van der Waals surface area (Å²) in [5, 5.41) is 0. The smallest absolute Gasteiger partial charge is 0.257 e. The first-order chi connectivity index (χ1) is 12.1. The van der Waals surface area contributed by atoms with Gasteiger partial charge in [-0.25, -0.2) is 9.97 Å². The average Bonchev–Trinajstić information content (AvgIpc) is 3.42. The molecule has 0 aromatic carbocycles. The second-order valence-corrected chi connectivity index (χ2v) is 7.99. The van der Waals surface area contributed by atoms with Gasteiger partial charge in [0.25, 0.3) is 5.91 Å². The van der Waals surface area contributed by atoms with Crippen molar-refractivity contribution in [2.75, 3.05) is 26.2 Å². The molecule has 5 heteroatoms. The van der Waals surface area contributed by atoms with Crippen molar-refractivity contribution in [3.8, 4) is 0 Å². The van der Waals surface area contributed by atoms with Gasteiger partial charge in [0.15, 0.2) is 0 Å². The maximum Gasteiger partial charge on any atom is 0.257 e. The van der Waals surface area contributed by atoms with Gasteiger partial charge in [-0.2, -0.15) is 0 Å². The molecule has 0 spiro atoms. The van der Waals surface area contributed by atoms with Crippen molar-refractivity contribution in [2.45, 2.75) is 58.9 Å². The number of carbonyl (C=O) groups is 1. The highest BCUT2D eigenvalue weighted by Crippen LogP contribution is 2.32. The van der Waals surface area contributed by atoms with Crippen LogP contribution in [0, 0.1) is 11.8 Å². The van der Waals surface area contributed by atoms with Crippen molar-refractivity contribution in [2.24, 2.45) is 11.8 Å². The van der Waals surface area contributed by atoms with Crippen LogP contribution in [0.3, 0.4) is 0 Å². The Morgan fingerprint density at radius 2 is 2.12 bits per heavy atom. The molecule has 1 atom stereocenters. The van der Waals surface area contributed by atoms with E-state index in [-0.39, 0.29) is 5.91 Å². The van der Waals surface area contributed by atoms with Crippen molar-refractivity contribution >= 4 is 5.91 Å². The lowest BCUT2D eigenvalue weighted by Gasteiger charge is -2.34. The summed E-state index contributed by atoms with van der Waals surface area (Å²) in [5.41, 5.74) is 1.59. The van der Waals surface area contributed by atoms with Gasteiger partial charge in [-0.1, -0.05) is 27.2 Å². The molecule has 2 aliphatic rings.